The SMILES string of the molecule is CC(C)NCc1nnc(Oc2ccccc2F)s1. The molecule has 2 rings (SSSR count). The molecule has 0 amide bonds. The number of nitrogens with zero attached hydrogens (tertiary/aromatic N) is 2. The van der Waals surface area contributed by atoms with Gasteiger partial charge in [-0.3, -0.25) is 0 Å². The van der Waals surface area contributed by atoms with Crippen molar-refractivity contribution >= 4 is 11.3 Å². The van der Waals surface area contributed by atoms with Crippen molar-refractivity contribution in [2.75, 3.05) is 0 Å². The number of ether oxygens (including phenoxy) is 1. The number of benzene rings is 1. The molecule has 2 aromatic rings. The number of hydrogen-bond acceptors (Lipinski definition) is 5. The molecule has 0 bridgehead atoms. The van der Waals surface area contributed by atoms with Crippen molar-refractivity contribution < 1.29 is 9.13 Å². The molecule has 6 heteroatoms. The van der Waals surface area contributed by atoms with Crippen LogP contribution < -0.4 is 10.1 Å². The minimum atomic E-state index is -0.408. The van der Waals surface area contributed by atoms with Crippen molar-refractivity contribution in [2.45, 2.75) is 26.4 Å². The Morgan fingerprint density at radius 3 is 2.83 bits per heavy atom. The van der Waals surface area contributed by atoms with Gasteiger partial charge in [-0.15, -0.1) is 5.10 Å². The lowest BCUT2D eigenvalue weighted by molar-refractivity contribution is 0.435. The highest BCUT2D eigenvalue weighted by Crippen LogP contribution is 2.26. The zero-order valence-electron chi connectivity index (χ0n) is 10.2. The summed E-state index contributed by atoms with van der Waals surface area (Å²) < 4.78 is 18.7. The molecule has 0 saturated carbocycles. The minimum absolute atomic E-state index is 0.164. The first-order valence-corrected chi connectivity index (χ1v) is 6.45. The van der Waals surface area contributed by atoms with Gasteiger partial charge < -0.3 is 10.1 Å². The minimum Gasteiger partial charge on any atom is -0.427 e. The summed E-state index contributed by atoms with van der Waals surface area (Å²) in [6.45, 7) is 4.74. The topological polar surface area (TPSA) is 47.0 Å². The molecule has 1 aromatic carbocycles. The van der Waals surface area contributed by atoms with Crippen LogP contribution in [0.1, 0.15) is 18.9 Å². The fraction of sp³-hybridized carbons (Fsp3) is 0.333. The maximum atomic E-state index is 13.4. The molecule has 1 heterocycles. The Morgan fingerprint density at radius 2 is 2.11 bits per heavy atom. The van der Waals surface area contributed by atoms with E-state index >= 15 is 0 Å². The summed E-state index contributed by atoms with van der Waals surface area (Å²) in [7, 11) is 0. The van der Waals surface area contributed by atoms with Crippen LogP contribution >= 0.6 is 11.3 Å². The summed E-state index contributed by atoms with van der Waals surface area (Å²) in [5.41, 5.74) is 0. The first-order valence-electron chi connectivity index (χ1n) is 5.63. The third kappa shape index (κ3) is 3.48. The molecule has 0 aliphatic heterocycles. The van der Waals surface area contributed by atoms with Crippen molar-refractivity contribution in [3.05, 3.63) is 35.1 Å². The number of aromatic nitrogens is 2. The predicted octanol–water partition coefficient (Wildman–Crippen LogP) is 2.97. The second kappa shape index (κ2) is 5.88. The molecule has 18 heavy (non-hydrogen) atoms. The Bertz CT molecular complexity index is 516. The van der Waals surface area contributed by atoms with E-state index in [0.29, 0.717) is 17.8 Å². The maximum absolute atomic E-state index is 13.4. The zero-order valence-corrected chi connectivity index (χ0v) is 11.0. The van der Waals surface area contributed by atoms with Gasteiger partial charge in [0.15, 0.2) is 11.6 Å². The summed E-state index contributed by atoms with van der Waals surface area (Å²) in [6.07, 6.45) is 0. The Balaban J connectivity index is 2.00. The largest absolute Gasteiger partial charge is 0.427 e. The number of hydrogen-bond donors (Lipinski definition) is 1. The van der Waals surface area contributed by atoms with E-state index < -0.39 is 5.82 Å². The molecule has 0 saturated heterocycles. The van der Waals surface area contributed by atoms with E-state index in [4.69, 9.17) is 4.74 Å². The van der Waals surface area contributed by atoms with Gasteiger partial charge in [-0.2, -0.15) is 0 Å². The van der Waals surface area contributed by atoms with Crippen LogP contribution in [0.25, 0.3) is 0 Å². The molecule has 96 valence electrons. The average molecular weight is 267 g/mol. The number of halogens is 1. The Hall–Kier alpha value is -1.53. The first-order chi connectivity index (χ1) is 8.65. The van der Waals surface area contributed by atoms with Crippen molar-refractivity contribution in [3.8, 4) is 10.9 Å². The van der Waals surface area contributed by atoms with Crippen molar-refractivity contribution in [1.82, 2.24) is 15.5 Å². The summed E-state index contributed by atoms with van der Waals surface area (Å²) >= 11 is 1.30. The summed E-state index contributed by atoms with van der Waals surface area (Å²) in [5.74, 6) is -0.244. The molecular formula is C12H14FN3OS. The quantitative estimate of drug-likeness (QED) is 0.904. The van der Waals surface area contributed by atoms with Crippen LogP contribution in [0.5, 0.6) is 10.9 Å². The van der Waals surface area contributed by atoms with E-state index in [2.05, 4.69) is 29.4 Å². The first kappa shape index (κ1) is 12.9. The van der Waals surface area contributed by atoms with E-state index in [1.807, 2.05) is 0 Å². The van der Waals surface area contributed by atoms with E-state index in [0.717, 1.165) is 5.01 Å². The van der Waals surface area contributed by atoms with Crippen molar-refractivity contribution in [1.29, 1.82) is 0 Å². The van der Waals surface area contributed by atoms with Crippen LogP contribution in [0, 0.1) is 5.82 Å². The highest BCUT2D eigenvalue weighted by Gasteiger charge is 2.09. The predicted molar refractivity (Wildman–Crippen MR) is 68.4 cm³/mol. The monoisotopic (exact) mass is 267 g/mol. The molecule has 4 nitrogen and oxygen atoms in total. The third-order valence-corrected chi connectivity index (χ3v) is 2.94. The standard InChI is InChI=1S/C12H14FN3OS/c1-8(2)14-7-11-15-16-12(18-11)17-10-6-4-3-5-9(10)13/h3-6,8,14H,7H2,1-2H3. The molecule has 0 fully saturated rings. The lowest BCUT2D eigenvalue weighted by Gasteiger charge is -2.03. The van der Waals surface area contributed by atoms with E-state index in [9.17, 15) is 4.39 Å². The van der Waals surface area contributed by atoms with Gasteiger partial charge in [0.05, 0.1) is 6.54 Å². The fourth-order valence-electron chi connectivity index (χ4n) is 1.26. The molecule has 0 aliphatic rings. The van der Waals surface area contributed by atoms with E-state index in [1.54, 1.807) is 18.2 Å². The molecule has 0 radical (unpaired) electrons. The van der Waals surface area contributed by atoms with Crippen LogP contribution in [-0.4, -0.2) is 16.2 Å². The fourth-order valence-corrected chi connectivity index (χ4v) is 1.92. The van der Waals surface area contributed by atoms with E-state index in [1.165, 1.54) is 17.4 Å². The normalized spacial score (nSPS) is 10.9. The number of para-hydroxylation sites is 1. The van der Waals surface area contributed by atoms with Crippen LogP contribution in [0.3, 0.4) is 0 Å². The van der Waals surface area contributed by atoms with Gasteiger partial charge in [-0.05, 0) is 12.1 Å². The third-order valence-electron chi connectivity index (χ3n) is 2.14. The molecule has 0 atom stereocenters. The van der Waals surface area contributed by atoms with Gasteiger partial charge in [0.25, 0.3) is 5.19 Å². The molecule has 0 unspecified atom stereocenters. The summed E-state index contributed by atoms with van der Waals surface area (Å²) in [4.78, 5) is 0. The van der Waals surface area contributed by atoms with Crippen LogP contribution in [0.4, 0.5) is 4.39 Å². The van der Waals surface area contributed by atoms with Crippen molar-refractivity contribution in [3.63, 3.8) is 0 Å². The number of nitrogens with one attached hydrogen (secondary N) is 1. The second-order valence-electron chi connectivity index (χ2n) is 4.03. The number of rotatable bonds is 5. The van der Waals surface area contributed by atoms with Crippen molar-refractivity contribution in [2.24, 2.45) is 0 Å². The second-order valence-corrected chi connectivity index (χ2v) is 5.05. The lowest BCUT2D eigenvalue weighted by atomic mass is 10.3. The maximum Gasteiger partial charge on any atom is 0.299 e. The molecular weight excluding hydrogens is 253 g/mol. The average Bonchev–Trinajstić information content (AvgIpc) is 2.77. The highest BCUT2D eigenvalue weighted by molar-refractivity contribution is 7.13. The summed E-state index contributed by atoms with van der Waals surface area (Å²) in [5, 5.41) is 12.2. The molecule has 0 aliphatic carbocycles. The van der Waals surface area contributed by atoms with Crippen LogP contribution in [0.15, 0.2) is 24.3 Å². The smallest absolute Gasteiger partial charge is 0.299 e. The molecule has 1 aromatic heterocycles. The van der Waals surface area contributed by atoms with Gasteiger partial charge in [0.1, 0.15) is 5.01 Å². The summed E-state index contributed by atoms with van der Waals surface area (Å²) in [6, 6.07) is 6.60. The Labute approximate surface area is 109 Å². The molecule has 1 N–H and O–H groups in total. The highest BCUT2D eigenvalue weighted by atomic mass is 32.1. The van der Waals surface area contributed by atoms with Crippen LogP contribution in [0.2, 0.25) is 0 Å². The van der Waals surface area contributed by atoms with E-state index in [-0.39, 0.29) is 5.75 Å². The van der Waals surface area contributed by atoms with Gasteiger partial charge in [-0.1, -0.05) is 42.4 Å². The van der Waals surface area contributed by atoms with Crippen LogP contribution in [-0.2, 0) is 6.54 Å². The molecule has 0 spiro atoms. The Morgan fingerprint density at radius 1 is 1.33 bits per heavy atom. The lowest BCUT2D eigenvalue weighted by Crippen LogP contribution is -2.21. The van der Waals surface area contributed by atoms with Gasteiger partial charge in [0.2, 0.25) is 0 Å². The van der Waals surface area contributed by atoms with Gasteiger partial charge >= 0.3 is 0 Å². The van der Waals surface area contributed by atoms with Gasteiger partial charge in [0, 0.05) is 6.04 Å². The zero-order chi connectivity index (χ0) is 13.0. The Kier molecular flexibility index (Phi) is 4.22. The van der Waals surface area contributed by atoms with Gasteiger partial charge in [-0.25, -0.2) is 4.39 Å².